The van der Waals surface area contributed by atoms with E-state index in [-0.39, 0.29) is 0 Å². The van der Waals surface area contributed by atoms with Crippen LogP contribution in [0.5, 0.6) is 0 Å². The molecule has 4 aliphatic carbocycles. The number of hydrogen-bond donors (Lipinski definition) is 1. The van der Waals surface area contributed by atoms with Crippen LogP contribution in [0, 0.1) is 11.8 Å². The normalized spacial score (nSPS) is 48.7. The molecule has 17 heavy (non-hydrogen) atoms. The Morgan fingerprint density at radius 2 is 1.71 bits per heavy atom. The van der Waals surface area contributed by atoms with Crippen LogP contribution in [0.2, 0.25) is 0 Å². The first-order valence-corrected chi connectivity index (χ1v) is 6.21. The maximum atomic E-state index is 12.2. The molecule has 0 heterocycles. The van der Waals surface area contributed by atoms with Gasteiger partial charge in [-0.05, 0) is 43.9 Å². The first kappa shape index (κ1) is 11.8. The van der Waals surface area contributed by atoms with E-state index in [9.17, 15) is 18.3 Å². The van der Waals surface area contributed by atoms with Crippen molar-refractivity contribution in [1.82, 2.24) is 0 Å². The second-order valence-electron chi connectivity index (χ2n) is 6.27. The van der Waals surface area contributed by atoms with Gasteiger partial charge in [0.2, 0.25) is 0 Å². The third-order valence-electron chi connectivity index (χ3n) is 4.52. The van der Waals surface area contributed by atoms with E-state index < -0.39 is 24.0 Å². The third kappa shape index (κ3) is 2.19. The monoisotopic (exact) mass is 250 g/mol. The average molecular weight is 250 g/mol. The molecule has 4 fully saturated rings. The minimum Gasteiger partial charge on any atom is -0.390 e. The second-order valence-corrected chi connectivity index (χ2v) is 6.27. The summed E-state index contributed by atoms with van der Waals surface area (Å²) in [7, 11) is 0. The highest BCUT2D eigenvalue weighted by atomic mass is 19.4. The zero-order chi connectivity index (χ0) is 12.3. The maximum Gasteiger partial charge on any atom is 0.411 e. The lowest BCUT2D eigenvalue weighted by molar-refractivity contribution is -0.261. The van der Waals surface area contributed by atoms with Crippen LogP contribution in [-0.4, -0.2) is 29.1 Å². The summed E-state index contributed by atoms with van der Waals surface area (Å²) in [5, 5.41) is 10.3. The lowest BCUT2D eigenvalue weighted by Gasteiger charge is -2.59. The zero-order valence-corrected chi connectivity index (χ0v) is 9.59. The van der Waals surface area contributed by atoms with Crippen molar-refractivity contribution < 1.29 is 23.0 Å². The molecule has 2 nitrogen and oxygen atoms in total. The van der Waals surface area contributed by atoms with Crippen LogP contribution in [0.25, 0.3) is 0 Å². The molecular formula is C12H17F3O2. The van der Waals surface area contributed by atoms with Gasteiger partial charge in [0.1, 0.15) is 6.61 Å². The molecule has 5 heteroatoms. The Labute approximate surface area is 98.1 Å². The van der Waals surface area contributed by atoms with Crippen LogP contribution < -0.4 is 0 Å². The molecule has 0 aromatic carbocycles. The molecule has 4 aliphatic rings. The Morgan fingerprint density at radius 3 is 2.18 bits per heavy atom. The maximum absolute atomic E-state index is 12.2. The van der Waals surface area contributed by atoms with Gasteiger partial charge in [-0.25, -0.2) is 0 Å². The van der Waals surface area contributed by atoms with E-state index in [4.69, 9.17) is 4.74 Å². The van der Waals surface area contributed by atoms with E-state index >= 15 is 0 Å². The Hall–Kier alpha value is -0.290. The van der Waals surface area contributed by atoms with Crippen molar-refractivity contribution in [2.75, 3.05) is 6.61 Å². The van der Waals surface area contributed by atoms with Gasteiger partial charge in [0.25, 0.3) is 0 Å². The van der Waals surface area contributed by atoms with E-state index in [1.54, 1.807) is 0 Å². The number of hydrogen-bond acceptors (Lipinski definition) is 2. The summed E-state index contributed by atoms with van der Waals surface area (Å²) in [4.78, 5) is 0. The molecule has 4 rings (SSSR count). The van der Waals surface area contributed by atoms with Gasteiger partial charge in [0, 0.05) is 6.42 Å². The van der Waals surface area contributed by atoms with Crippen LogP contribution >= 0.6 is 0 Å². The molecule has 0 aromatic rings. The van der Waals surface area contributed by atoms with E-state index in [2.05, 4.69) is 0 Å². The van der Waals surface area contributed by atoms with Gasteiger partial charge >= 0.3 is 6.18 Å². The summed E-state index contributed by atoms with van der Waals surface area (Å²) in [6.07, 6.45) is 0.0690. The van der Waals surface area contributed by atoms with Gasteiger partial charge in [0.05, 0.1) is 11.2 Å². The summed E-state index contributed by atoms with van der Waals surface area (Å²) in [5.74, 6) is 0.712. The number of rotatable bonds is 2. The van der Waals surface area contributed by atoms with Gasteiger partial charge in [-0.2, -0.15) is 13.2 Å². The predicted octanol–water partition coefficient (Wildman–Crippen LogP) is 2.65. The molecule has 0 saturated heterocycles. The Bertz CT molecular complexity index is 312. The van der Waals surface area contributed by atoms with E-state index in [1.165, 1.54) is 0 Å². The fourth-order valence-electron chi connectivity index (χ4n) is 4.53. The molecule has 4 saturated carbocycles. The van der Waals surface area contributed by atoms with Crippen LogP contribution in [0.15, 0.2) is 0 Å². The standard InChI is InChI=1S/C12H17F3O2/c13-12(14,15)7-17-11-4-8-1-9(5-11)3-10(16,2-8)6-11/h8-9,16H,1-7H2/t8-,9+,10?,11?. The molecule has 4 atom stereocenters. The third-order valence-corrected chi connectivity index (χ3v) is 4.52. The number of ether oxygens (including phenoxy) is 1. The largest absolute Gasteiger partial charge is 0.411 e. The summed E-state index contributed by atoms with van der Waals surface area (Å²) < 4.78 is 41.9. The molecule has 98 valence electrons. The van der Waals surface area contributed by atoms with E-state index in [0.717, 1.165) is 19.3 Å². The lowest BCUT2D eigenvalue weighted by Crippen LogP contribution is -2.60. The van der Waals surface area contributed by atoms with Crippen LogP contribution in [0.4, 0.5) is 13.2 Å². The molecule has 0 aliphatic heterocycles. The van der Waals surface area contributed by atoms with Crippen molar-refractivity contribution in [3.05, 3.63) is 0 Å². The summed E-state index contributed by atoms with van der Waals surface area (Å²) in [6.45, 7) is -1.18. The molecule has 0 amide bonds. The number of aliphatic hydroxyl groups is 1. The molecule has 0 spiro atoms. The van der Waals surface area contributed by atoms with Crippen molar-refractivity contribution in [2.24, 2.45) is 11.8 Å². The van der Waals surface area contributed by atoms with Crippen molar-refractivity contribution in [1.29, 1.82) is 0 Å². The Morgan fingerprint density at radius 1 is 1.12 bits per heavy atom. The zero-order valence-electron chi connectivity index (χ0n) is 9.59. The minimum absolute atomic E-state index is 0.356. The highest BCUT2D eigenvalue weighted by Gasteiger charge is 2.58. The van der Waals surface area contributed by atoms with Crippen molar-refractivity contribution in [2.45, 2.75) is 55.9 Å². The smallest absolute Gasteiger partial charge is 0.390 e. The van der Waals surface area contributed by atoms with Crippen LogP contribution in [0.3, 0.4) is 0 Å². The highest BCUT2D eigenvalue weighted by Crippen LogP contribution is 2.58. The number of alkyl halides is 3. The van der Waals surface area contributed by atoms with E-state index in [1.807, 2.05) is 0 Å². The van der Waals surface area contributed by atoms with Crippen molar-refractivity contribution >= 4 is 0 Å². The average Bonchev–Trinajstić information content (AvgIpc) is 2.09. The van der Waals surface area contributed by atoms with Crippen LogP contribution in [-0.2, 0) is 4.74 Å². The second kappa shape index (κ2) is 3.38. The van der Waals surface area contributed by atoms with Crippen molar-refractivity contribution in [3.63, 3.8) is 0 Å². The topological polar surface area (TPSA) is 29.5 Å². The highest BCUT2D eigenvalue weighted by molar-refractivity contribution is 5.09. The molecule has 1 N–H and O–H groups in total. The number of halogens is 3. The van der Waals surface area contributed by atoms with Gasteiger partial charge in [-0.15, -0.1) is 0 Å². The fraction of sp³-hybridized carbons (Fsp3) is 1.00. The molecule has 2 unspecified atom stereocenters. The van der Waals surface area contributed by atoms with Gasteiger partial charge in [0.15, 0.2) is 0 Å². The van der Waals surface area contributed by atoms with Crippen molar-refractivity contribution in [3.8, 4) is 0 Å². The minimum atomic E-state index is -4.27. The van der Waals surface area contributed by atoms with Gasteiger partial charge < -0.3 is 9.84 Å². The summed E-state index contributed by atoms with van der Waals surface area (Å²) >= 11 is 0. The Balaban J connectivity index is 1.75. The fourth-order valence-corrected chi connectivity index (χ4v) is 4.53. The molecule has 0 aromatic heterocycles. The molecule has 0 radical (unpaired) electrons. The van der Waals surface area contributed by atoms with Gasteiger partial charge in [-0.3, -0.25) is 0 Å². The van der Waals surface area contributed by atoms with Gasteiger partial charge in [-0.1, -0.05) is 0 Å². The quantitative estimate of drug-likeness (QED) is 0.816. The van der Waals surface area contributed by atoms with Crippen LogP contribution in [0.1, 0.15) is 38.5 Å². The first-order chi connectivity index (χ1) is 7.78. The van der Waals surface area contributed by atoms with E-state index in [0.29, 0.717) is 31.1 Å². The predicted molar refractivity (Wildman–Crippen MR) is 54.4 cm³/mol. The Kier molecular flexibility index (Phi) is 2.34. The molecule has 4 bridgehead atoms. The first-order valence-electron chi connectivity index (χ1n) is 6.21. The SMILES string of the molecule is OC12C[C@H]3C[C@@H](C1)CC(OCC(F)(F)F)(C3)C2. The summed E-state index contributed by atoms with van der Waals surface area (Å²) in [5.41, 5.74) is -1.45. The summed E-state index contributed by atoms with van der Waals surface area (Å²) in [6, 6.07) is 0. The molecular weight excluding hydrogens is 233 g/mol. The lowest BCUT2D eigenvalue weighted by atomic mass is 9.52.